The van der Waals surface area contributed by atoms with Crippen LogP contribution in [0.4, 0.5) is 0 Å². The van der Waals surface area contributed by atoms with Crippen molar-refractivity contribution in [1.29, 1.82) is 0 Å². The van der Waals surface area contributed by atoms with E-state index in [1.165, 1.54) is 0 Å². The Hall–Kier alpha value is -0.650. The fourth-order valence-corrected chi connectivity index (χ4v) is 1.85. The minimum atomic E-state index is -0.0865. The third-order valence-electron chi connectivity index (χ3n) is 3.07. The summed E-state index contributed by atoms with van der Waals surface area (Å²) in [5.41, 5.74) is -0.0865. The molecule has 0 aliphatic carbocycles. The SMILES string of the molecule is CC(C)C(=O)NCCN(C)CC1(CO)COC1. The maximum absolute atomic E-state index is 11.3. The summed E-state index contributed by atoms with van der Waals surface area (Å²) in [4.78, 5) is 13.5. The molecule has 1 amide bonds. The van der Waals surface area contributed by atoms with E-state index in [-0.39, 0.29) is 23.8 Å². The van der Waals surface area contributed by atoms with Crippen molar-refractivity contribution in [2.75, 3.05) is 46.5 Å². The number of carbonyl (C=O) groups excluding carboxylic acids is 1. The molecule has 1 aliphatic rings. The van der Waals surface area contributed by atoms with E-state index in [2.05, 4.69) is 10.2 Å². The predicted molar refractivity (Wildman–Crippen MR) is 65.7 cm³/mol. The van der Waals surface area contributed by atoms with E-state index in [0.29, 0.717) is 19.8 Å². The van der Waals surface area contributed by atoms with E-state index in [9.17, 15) is 9.90 Å². The Morgan fingerprint density at radius 1 is 1.53 bits per heavy atom. The number of carbonyl (C=O) groups is 1. The highest BCUT2D eigenvalue weighted by atomic mass is 16.5. The maximum Gasteiger partial charge on any atom is 0.222 e. The number of rotatable bonds is 7. The number of aliphatic hydroxyl groups is 1. The summed E-state index contributed by atoms with van der Waals surface area (Å²) in [6.07, 6.45) is 0. The fraction of sp³-hybridized carbons (Fsp3) is 0.917. The summed E-state index contributed by atoms with van der Waals surface area (Å²) in [7, 11) is 2.00. The van der Waals surface area contributed by atoms with Crippen LogP contribution in [0.2, 0.25) is 0 Å². The van der Waals surface area contributed by atoms with Crippen LogP contribution in [0.25, 0.3) is 0 Å². The first-order chi connectivity index (χ1) is 7.99. The van der Waals surface area contributed by atoms with E-state index < -0.39 is 0 Å². The molecule has 1 aliphatic heterocycles. The molecule has 0 spiro atoms. The smallest absolute Gasteiger partial charge is 0.222 e. The first-order valence-corrected chi connectivity index (χ1v) is 6.14. The van der Waals surface area contributed by atoms with Gasteiger partial charge in [-0.3, -0.25) is 4.79 Å². The lowest BCUT2D eigenvalue weighted by Gasteiger charge is -2.42. The van der Waals surface area contributed by atoms with Crippen molar-refractivity contribution in [3.05, 3.63) is 0 Å². The normalized spacial score (nSPS) is 18.2. The van der Waals surface area contributed by atoms with Crippen molar-refractivity contribution >= 4 is 5.91 Å². The second-order valence-electron chi connectivity index (χ2n) is 5.33. The Kier molecular flexibility index (Phi) is 5.36. The third-order valence-corrected chi connectivity index (χ3v) is 3.07. The molecule has 0 radical (unpaired) electrons. The van der Waals surface area contributed by atoms with Crippen LogP contribution in [0.3, 0.4) is 0 Å². The topological polar surface area (TPSA) is 61.8 Å². The van der Waals surface area contributed by atoms with Gasteiger partial charge >= 0.3 is 0 Å². The fourth-order valence-electron chi connectivity index (χ4n) is 1.85. The summed E-state index contributed by atoms with van der Waals surface area (Å²) in [6, 6.07) is 0. The Bertz CT molecular complexity index is 247. The van der Waals surface area contributed by atoms with Gasteiger partial charge in [-0.2, -0.15) is 0 Å². The average molecular weight is 244 g/mol. The number of hydrogen-bond donors (Lipinski definition) is 2. The van der Waals surface area contributed by atoms with Gasteiger partial charge in [-0.05, 0) is 7.05 Å². The van der Waals surface area contributed by atoms with Crippen LogP contribution in [0, 0.1) is 11.3 Å². The van der Waals surface area contributed by atoms with Gasteiger partial charge in [-0.25, -0.2) is 0 Å². The van der Waals surface area contributed by atoms with Crippen molar-refractivity contribution in [2.45, 2.75) is 13.8 Å². The lowest BCUT2D eigenvalue weighted by molar-refractivity contribution is -0.146. The minimum Gasteiger partial charge on any atom is -0.396 e. The molecular formula is C12H24N2O3. The zero-order chi connectivity index (χ0) is 12.9. The van der Waals surface area contributed by atoms with Crippen LogP contribution in [0.5, 0.6) is 0 Å². The number of nitrogens with one attached hydrogen (secondary N) is 1. The number of aliphatic hydroxyl groups excluding tert-OH is 1. The highest BCUT2D eigenvalue weighted by Gasteiger charge is 2.38. The Labute approximate surface area is 103 Å². The molecule has 2 N–H and O–H groups in total. The monoisotopic (exact) mass is 244 g/mol. The van der Waals surface area contributed by atoms with Gasteiger partial charge in [-0.1, -0.05) is 13.8 Å². The molecule has 0 bridgehead atoms. The molecule has 0 aromatic rings. The number of nitrogens with zero attached hydrogens (tertiary/aromatic N) is 1. The van der Waals surface area contributed by atoms with Gasteiger partial charge in [0, 0.05) is 25.6 Å². The van der Waals surface area contributed by atoms with Crippen LogP contribution < -0.4 is 5.32 Å². The molecule has 1 fully saturated rings. The predicted octanol–water partition coefficient (Wildman–Crippen LogP) is -0.301. The first kappa shape index (κ1) is 14.4. The molecule has 0 aromatic carbocycles. The Morgan fingerprint density at radius 3 is 2.59 bits per heavy atom. The second-order valence-corrected chi connectivity index (χ2v) is 5.33. The van der Waals surface area contributed by atoms with Gasteiger partial charge in [0.1, 0.15) is 0 Å². The zero-order valence-corrected chi connectivity index (χ0v) is 11.0. The highest BCUT2D eigenvalue weighted by molar-refractivity contribution is 5.77. The highest BCUT2D eigenvalue weighted by Crippen LogP contribution is 2.27. The zero-order valence-electron chi connectivity index (χ0n) is 11.0. The van der Waals surface area contributed by atoms with E-state index in [0.717, 1.165) is 13.1 Å². The van der Waals surface area contributed by atoms with Crippen LogP contribution in [0.15, 0.2) is 0 Å². The van der Waals surface area contributed by atoms with E-state index in [1.54, 1.807) is 0 Å². The summed E-state index contributed by atoms with van der Waals surface area (Å²) in [5, 5.41) is 12.2. The van der Waals surface area contributed by atoms with Gasteiger partial charge in [0.2, 0.25) is 5.91 Å². The number of hydrogen-bond acceptors (Lipinski definition) is 4. The minimum absolute atomic E-state index is 0.0316. The van der Waals surface area contributed by atoms with Crippen molar-refractivity contribution in [3.63, 3.8) is 0 Å². The molecule has 0 unspecified atom stereocenters. The number of amides is 1. The number of likely N-dealkylation sites (N-methyl/N-ethyl adjacent to an activating group) is 1. The van der Waals surface area contributed by atoms with Gasteiger partial charge in [0.15, 0.2) is 0 Å². The Balaban J connectivity index is 2.17. The largest absolute Gasteiger partial charge is 0.396 e. The molecule has 100 valence electrons. The molecule has 1 rings (SSSR count). The summed E-state index contributed by atoms with van der Waals surface area (Å²) in [5.74, 6) is 0.117. The second kappa shape index (κ2) is 6.33. The van der Waals surface area contributed by atoms with Gasteiger partial charge in [0.25, 0.3) is 0 Å². The van der Waals surface area contributed by atoms with Crippen LogP contribution in [-0.2, 0) is 9.53 Å². The molecule has 0 saturated carbocycles. The molecule has 5 heteroatoms. The standard InChI is InChI=1S/C12H24N2O3/c1-10(2)11(16)13-4-5-14(3)6-12(7-15)8-17-9-12/h10,15H,4-9H2,1-3H3,(H,13,16). The van der Waals surface area contributed by atoms with Crippen molar-refractivity contribution in [1.82, 2.24) is 10.2 Å². The molecular weight excluding hydrogens is 220 g/mol. The number of ether oxygens (including phenoxy) is 1. The van der Waals surface area contributed by atoms with E-state index in [1.807, 2.05) is 20.9 Å². The maximum atomic E-state index is 11.3. The van der Waals surface area contributed by atoms with Crippen LogP contribution in [-0.4, -0.2) is 62.4 Å². The third kappa shape index (κ3) is 4.26. The van der Waals surface area contributed by atoms with E-state index in [4.69, 9.17) is 4.74 Å². The van der Waals surface area contributed by atoms with Crippen molar-refractivity contribution in [2.24, 2.45) is 11.3 Å². The van der Waals surface area contributed by atoms with E-state index >= 15 is 0 Å². The van der Waals surface area contributed by atoms with Crippen molar-refractivity contribution in [3.8, 4) is 0 Å². The van der Waals surface area contributed by atoms with Gasteiger partial charge in [-0.15, -0.1) is 0 Å². The molecule has 0 atom stereocenters. The molecule has 17 heavy (non-hydrogen) atoms. The molecule has 1 heterocycles. The summed E-state index contributed by atoms with van der Waals surface area (Å²) in [6.45, 7) is 7.43. The first-order valence-electron chi connectivity index (χ1n) is 6.14. The lowest BCUT2D eigenvalue weighted by atomic mass is 9.86. The lowest BCUT2D eigenvalue weighted by Crippen LogP contribution is -2.53. The Morgan fingerprint density at radius 2 is 2.18 bits per heavy atom. The molecule has 5 nitrogen and oxygen atoms in total. The van der Waals surface area contributed by atoms with Crippen LogP contribution >= 0.6 is 0 Å². The molecule has 0 aromatic heterocycles. The van der Waals surface area contributed by atoms with Crippen molar-refractivity contribution < 1.29 is 14.6 Å². The molecule has 1 saturated heterocycles. The average Bonchev–Trinajstić information content (AvgIpc) is 2.23. The summed E-state index contributed by atoms with van der Waals surface area (Å²) >= 11 is 0. The van der Waals surface area contributed by atoms with Gasteiger partial charge < -0.3 is 20.1 Å². The van der Waals surface area contributed by atoms with Gasteiger partial charge in [0.05, 0.1) is 25.2 Å². The van der Waals surface area contributed by atoms with Crippen LogP contribution in [0.1, 0.15) is 13.8 Å². The summed E-state index contributed by atoms with van der Waals surface area (Å²) < 4.78 is 5.15. The quantitative estimate of drug-likeness (QED) is 0.645.